The molecule has 0 N–H and O–H groups in total. The van der Waals surface area contributed by atoms with E-state index in [0.29, 0.717) is 12.6 Å². The Kier molecular flexibility index (Phi) is 4.85. The lowest BCUT2D eigenvalue weighted by Crippen LogP contribution is -2.66. The van der Waals surface area contributed by atoms with Crippen LogP contribution in [0, 0.1) is 11.8 Å². The molecule has 3 fully saturated rings. The molecule has 4 heterocycles. The summed E-state index contributed by atoms with van der Waals surface area (Å²) in [5.41, 5.74) is 2.35. The third-order valence-electron chi connectivity index (χ3n) is 6.93. The summed E-state index contributed by atoms with van der Waals surface area (Å²) < 4.78 is 7.60. The fourth-order valence-electron chi connectivity index (χ4n) is 5.51. The lowest BCUT2D eigenvalue weighted by atomic mass is 9.71. The minimum atomic E-state index is 0.103. The van der Waals surface area contributed by atoms with Gasteiger partial charge in [-0.15, -0.1) is 6.58 Å². The highest BCUT2D eigenvalue weighted by molar-refractivity contribution is 5.82. The third-order valence-corrected chi connectivity index (χ3v) is 6.93. The second kappa shape index (κ2) is 7.13. The van der Waals surface area contributed by atoms with E-state index in [0.717, 1.165) is 21.8 Å². The lowest BCUT2D eigenvalue weighted by molar-refractivity contribution is -0.957. The van der Waals surface area contributed by atoms with Gasteiger partial charge in [0.25, 0.3) is 0 Å². The normalized spacial score (nSPS) is 31.8. The van der Waals surface area contributed by atoms with Crippen LogP contribution in [0.1, 0.15) is 37.9 Å². The van der Waals surface area contributed by atoms with E-state index in [-0.39, 0.29) is 6.10 Å². The number of aromatic nitrogens is 1. The van der Waals surface area contributed by atoms with E-state index in [2.05, 4.69) is 55.9 Å². The predicted octanol–water partition coefficient (Wildman–Crippen LogP) is 4.74. The average molecular weight is 352 g/mol. The van der Waals surface area contributed by atoms with E-state index in [9.17, 15) is 0 Å². The smallest absolute Gasteiger partial charge is 0.135 e. The van der Waals surface area contributed by atoms with Crippen LogP contribution in [0.3, 0.4) is 0 Å². The van der Waals surface area contributed by atoms with E-state index < -0.39 is 0 Å². The van der Waals surface area contributed by atoms with Gasteiger partial charge in [-0.05, 0) is 30.0 Å². The van der Waals surface area contributed by atoms with Gasteiger partial charge in [-0.1, -0.05) is 31.2 Å². The van der Waals surface area contributed by atoms with E-state index in [1.54, 1.807) is 0 Å². The number of pyridine rings is 1. The summed E-state index contributed by atoms with van der Waals surface area (Å²) in [7, 11) is 2.45. The first-order chi connectivity index (χ1) is 12.7. The number of piperidine rings is 3. The molecule has 138 valence electrons. The van der Waals surface area contributed by atoms with Gasteiger partial charge in [0.2, 0.25) is 0 Å². The molecule has 4 unspecified atom stereocenters. The Morgan fingerprint density at radius 2 is 2.19 bits per heavy atom. The zero-order chi connectivity index (χ0) is 18.1. The molecule has 0 aliphatic carbocycles. The van der Waals surface area contributed by atoms with Gasteiger partial charge in [0, 0.05) is 30.3 Å². The first-order valence-electron chi connectivity index (χ1n) is 10.1. The van der Waals surface area contributed by atoms with Crippen LogP contribution >= 0.6 is 0 Å². The molecule has 5 atom stereocenters. The summed E-state index contributed by atoms with van der Waals surface area (Å²) in [4.78, 5) is 4.56. The largest absolute Gasteiger partial charge is 0.363 e. The molecule has 0 spiro atoms. The Hall–Kier alpha value is -1.71. The molecule has 3 aliphatic rings. The van der Waals surface area contributed by atoms with Crippen LogP contribution in [-0.4, -0.2) is 42.3 Å². The quantitative estimate of drug-likeness (QED) is 0.554. The Morgan fingerprint density at radius 3 is 2.96 bits per heavy atom. The highest BCUT2D eigenvalue weighted by Crippen LogP contribution is 2.47. The Labute approximate surface area is 157 Å². The number of benzene rings is 1. The van der Waals surface area contributed by atoms with Crippen molar-refractivity contribution >= 4 is 10.9 Å². The third kappa shape index (κ3) is 2.97. The molecular formula is C23H31N2O+. The maximum atomic E-state index is 6.45. The molecular weight excluding hydrogens is 320 g/mol. The van der Waals surface area contributed by atoms with E-state index >= 15 is 0 Å². The van der Waals surface area contributed by atoms with Gasteiger partial charge < -0.3 is 9.22 Å². The number of likely N-dealkylation sites (N-methyl/N-ethyl adjacent to an activating group) is 1. The number of rotatable bonds is 6. The average Bonchev–Trinajstić information content (AvgIpc) is 2.68. The summed E-state index contributed by atoms with van der Waals surface area (Å²) in [5.74, 6) is 1.73. The molecule has 3 aliphatic heterocycles. The first kappa shape index (κ1) is 17.7. The predicted molar refractivity (Wildman–Crippen MR) is 107 cm³/mol. The molecule has 3 nitrogen and oxygen atoms in total. The van der Waals surface area contributed by atoms with Gasteiger partial charge in [-0.2, -0.15) is 0 Å². The molecule has 3 heteroatoms. The van der Waals surface area contributed by atoms with Gasteiger partial charge in [-0.3, -0.25) is 4.98 Å². The molecule has 0 radical (unpaired) electrons. The number of quaternary nitrogens is 1. The van der Waals surface area contributed by atoms with E-state index in [4.69, 9.17) is 4.74 Å². The van der Waals surface area contributed by atoms with Crippen molar-refractivity contribution in [1.29, 1.82) is 0 Å². The van der Waals surface area contributed by atoms with Gasteiger partial charge in [0.15, 0.2) is 0 Å². The lowest BCUT2D eigenvalue weighted by Gasteiger charge is -2.57. The van der Waals surface area contributed by atoms with Crippen molar-refractivity contribution < 1.29 is 9.22 Å². The number of para-hydroxylation sites is 1. The SMILES string of the molecule is C=CCO[C@H](c1ccnc2ccccc12)C1CC2CC[N+]1(C)CC2CC. The maximum Gasteiger partial charge on any atom is 0.135 e. The molecule has 0 saturated carbocycles. The van der Waals surface area contributed by atoms with Gasteiger partial charge in [0.1, 0.15) is 12.1 Å². The van der Waals surface area contributed by atoms with Crippen LogP contribution in [0.15, 0.2) is 49.2 Å². The minimum Gasteiger partial charge on any atom is -0.363 e. The van der Waals surface area contributed by atoms with Crippen molar-refractivity contribution in [3.8, 4) is 0 Å². The van der Waals surface area contributed by atoms with Crippen LogP contribution in [-0.2, 0) is 4.74 Å². The number of fused-ring (bicyclic) bond motifs is 4. The molecule has 0 amide bonds. The molecule has 2 bridgehead atoms. The van der Waals surface area contributed by atoms with Gasteiger partial charge in [0.05, 0.1) is 32.3 Å². The number of ether oxygens (including phenoxy) is 1. The van der Waals surface area contributed by atoms with Crippen LogP contribution in [0.4, 0.5) is 0 Å². The summed E-state index contributed by atoms with van der Waals surface area (Å²) in [5, 5.41) is 1.23. The van der Waals surface area contributed by atoms with Crippen molar-refractivity contribution in [1.82, 2.24) is 4.98 Å². The van der Waals surface area contributed by atoms with Crippen molar-refractivity contribution in [3.05, 3.63) is 54.7 Å². The van der Waals surface area contributed by atoms with E-state index in [1.165, 1.54) is 43.3 Å². The van der Waals surface area contributed by atoms with Crippen molar-refractivity contribution in [2.24, 2.45) is 11.8 Å². The van der Waals surface area contributed by atoms with Crippen molar-refractivity contribution in [2.45, 2.75) is 38.3 Å². The number of hydrogen-bond acceptors (Lipinski definition) is 2. The first-order valence-corrected chi connectivity index (χ1v) is 10.1. The maximum absolute atomic E-state index is 6.45. The van der Waals surface area contributed by atoms with Crippen LogP contribution in [0.2, 0.25) is 0 Å². The number of nitrogens with zero attached hydrogens (tertiary/aromatic N) is 2. The van der Waals surface area contributed by atoms with E-state index in [1.807, 2.05) is 12.3 Å². The Balaban J connectivity index is 1.75. The highest BCUT2D eigenvalue weighted by atomic mass is 16.5. The minimum absolute atomic E-state index is 0.103. The Bertz CT molecular complexity index is 783. The van der Waals surface area contributed by atoms with Gasteiger partial charge >= 0.3 is 0 Å². The fraction of sp³-hybridized carbons (Fsp3) is 0.522. The summed E-state index contributed by atoms with van der Waals surface area (Å²) >= 11 is 0. The van der Waals surface area contributed by atoms with Crippen molar-refractivity contribution in [2.75, 3.05) is 26.7 Å². The molecule has 1 aromatic carbocycles. The molecule has 2 aromatic rings. The molecule has 3 saturated heterocycles. The summed E-state index contributed by atoms with van der Waals surface area (Å²) in [6.07, 6.45) is 7.87. The zero-order valence-electron chi connectivity index (χ0n) is 16.1. The molecule has 1 aromatic heterocycles. The second-order valence-electron chi connectivity index (χ2n) is 8.37. The fourth-order valence-corrected chi connectivity index (χ4v) is 5.51. The summed E-state index contributed by atoms with van der Waals surface area (Å²) in [6.45, 7) is 9.41. The summed E-state index contributed by atoms with van der Waals surface area (Å²) in [6, 6.07) is 11.1. The second-order valence-corrected chi connectivity index (χ2v) is 8.37. The molecule has 5 rings (SSSR count). The zero-order valence-corrected chi connectivity index (χ0v) is 16.1. The monoisotopic (exact) mass is 351 g/mol. The van der Waals surface area contributed by atoms with Crippen LogP contribution < -0.4 is 0 Å². The van der Waals surface area contributed by atoms with Gasteiger partial charge in [-0.25, -0.2) is 0 Å². The van der Waals surface area contributed by atoms with Crippen LogP contribution in [0.5, 0.6) is 0 Å². The Morgan fingerprint density at radius 1 is 1.35 bits per heavy atom. The topological polar surface area (TPSA) is 22.1 Å². The van der Waals surface area contributed by atoms with Crippen LogP contribution in [0.25, 0.3) is 10.9 Å². The molecule has 26 heavy (non-hydrogen) atoms. The standard InChI is InChI=1S/C23H31N2O/c1-4-14-26-23(20-10-12-24-21-9-7-6-8-19(20)21)22-15-18-11-13-25(22,3)16-17(18)5-2/h4,6-10,12,17-18,22-23H,1,5,11,13-16H2,2-3H3/q+1/t17?,18?,22?,23-,25?/m1/s1. The number of hydrogen-bond donors (Lipinski definition) is 0. The van der Waals surface area contributed by atoms with Crippen molar-refractivity contribution in [3.63, 3.8) is 0 Å². The highest BCUT2D eigenvalue weighted by Gasteiger charge is 2.52.